The minimum atomic E-state index is 0. The highest BCUT2D eigenvalue weighted by atomic mass is 35.5. The lowest BCUT2D eigenvalue weighted by atomic mass is 10.2. The molecule has 16 heavy (non-hydrogen) atoms. The first-order valence-electron chi connectivity index (χ1n) is 5.60. The van der Waals surface area contributed by atoms with Crippen molar-refractivity contribution in [2.45, 2.75) is 26.4 Å². The van der Waals surface area contributed by atoms with Crippen molar-refractivity contribution in [3.63, 3.8) is 0 Å². The summed E-state index contributed by atoms with van der Waals surface area (Å²) in [5.74, 6) is 0. The number of nitrogens with one attached hydrogen (secondary N) is 1. The molecule has 1 aromatic rings. The molecule has 4 nitrogen and oxygen atoms in total. The van der Waals surface area contributed by atoms with Crippen LogP contribution < -0.4 is 5.32 Å². The summed E-state index contributed by atoms with van der Waals surface area (Å²) >= 11 is 0. The monoisotopic (exact) mass is 244 g/mol. The average Bonchev–Trinajstić information content (AvgIpc) is 2.45. The fraction of sp³-hybridized carbons (Fsp3) is 0.727. The van der Waals surface area contributed by atoms with Crippen LogP contribution in [0.1, 0.15) is 18.2 Å². The Labute approximate surface area is 103 Å². The second kappa shape index (κ2) is 5.66. The highest BCUT2D eigenvalue weighted by molar-refractivity contribution is 5.85. The molecule has 0 spiro atoms. The first-order chi connectivity index (χ1) is 7.15. The van der Waals surface area contributed by atoms with Crippen LogP contribution in [0.3, 0.4) is 0 Å². The van der Waals surface area contributed by atoms with Crippen LogP contribution in [0.25, 0.3) is 0 Å². The van der Waals surface area contributed by atoms with Crippen molar-refractivity contribution in [1.82, 2.24) is 20.0 Å². The zero-order valence-corrected chi connectivity index (χ0v) is 11.0. The van der Waals surface area contributed by atoms with Crippen molar-refractivity contribution in [1.29, 1.82) is 0 Å². The van der Waals surface area contributed by atoms with Gasteiger partial charge in [-0.1, -0.05) is 0 Å². The molecule has 92 valence electrons. The Bertz CT molecular complexity index is 337. The molecular weight excluding hydrogens is 224 g/mol. The van der Waals surface area contributed by atoms with Crippen molar-refractivity contribution in [3.8, 4) is 0 Å². The molecule has 1 N–H and O–H groups in total. The van der Waals surface area contributed by atoms with Crippen LogP contribution in [-0.2, 0) is 13.6 Å². The Morgan fingerprint density at radius 2 is 2.31 bits per heavy atom. The maximum absolute atomic E-state index is 4.37. The molecule has 0 saturated carbocycles. The number of hydrogen-bond acceptors (Lipinski definition) is 3. The van der Waals surface area contributed by atoms with Crippen molar-refractivity contribution in [2.75, 3.05) is 19.6 Å². The Kier molecular flexibility index (Phi) is 4.77. The van der Waals surface area contributed by atoms with Gasteiger partial charge in [-0.3, -0.25) is 9.58 Å². The summed E-state index contributed by atoms with van der Waals surface area (Å²) < 4.78 is 1.90. The summed E-state index contributed by atoms with van der Waals surface area (Å²) in [6.45, 7) is 8.72. The SMILES string of the molecule is Cc1nn(C)cc1CN1CCNC(C)C1.Cl. The molecule has 0 bridgehead atoms. The Morgan fingerprint density at radius 3 is 2.88 bits per heavy atom. The number of aryl methyl sites for hydroxylation is 2. The standard InChI is InChI=1S/C11H20N4.ClH/c1-9-6-15(5-4-12-9)8-11-7-14(3)13-10(11)2;/h7,9,12H,4-6,8H2,1-3H3;1H. The van der Waals surface area contributed by atoms with Gasteiger partial charge in [0.15, 0.2) is 0 Å². The van der Waals surface area contributed by atoms with Crippen LogP contribution in [-0.4, -0.2) is 40.4 Å². The number of halogens is 1. The van der Waals surface area contributed by atoms with E-state index < -0.39 is 0 Å². The molecule has 1 aromatic heterocycles. The van der Waals surface area contributed by atoms with Crippen molar-refractivity contribution in [3.05, 3.63) is 17.5 Å². The van der Waals surface area contributed by atoms with Gasteiger partial charge in [-0.05, 0) is 13.8 Å². The summed E-state index contributed by atoms with van der Waals surface area (Å²) in [5, 5.41) is 7.83. The van der Waals surface area contributed by atoms with E-state index in [1.807, 2.05) is 11.7 Å². The predicted octanol–water partition coefficient (Wildman–Crippen LogP) is 0.944. The molecule has 0 amide bonds. The summed E-state index contributed by atoms with van der Waals surface area (Å²) in [7, 11) is 1.98. The maximum Gasteiger partial charge on any atom is 0.0638 e. The predicted molar refractivity (Wildman–Crippen MR) is 67.9 cm³/mol. The summed E-state index contributed by atoms with van der Waals surface area (Å²) in [4.78, 5) is 2.49. The van der Waals surface area contributed by atoms with Gasteiger partial charge in [0.2, 0.25) is 0 Å². The topological polar surface area (TPSA) is 33.1 Å². The number of nitrogens with zero attached hydrogens (tertiary/aromatic N) is 3. The third kappa shape index (κ3) is 3.20. The van der Waals surface area contributed by atoms with Crippen molar-refractivity contribution in [2.24, 2.45) is 7.05 Å². The number of aromatic nitrogens is 2. The van der Waals surface area contributed by atoms with E-state index in [0.29, 0.717) is 6.04 Å². The third-order valence-electron chi connectivity index (χ3n) is 2.96. The molecule has 0 aliphatic carbocycles. The van der Waals surface area contributed by atoms with Crippen LogP contribution in [0.5, 0.6) is 0 Å². The molecule has 5 heteroatoms. The van der Waals surface area contributed by atoms with Gasteiger partial charge < -0.3 is 5.32 Å². The van der Waals surface area contributed by atoms with E-state index in [-0.39, 0.29) is 12.4 Å². The number of rotatable bonds is 2. The summed E-state index contributed by atoms with van der Waals surface area (Å²) in [5.41, 5.74) is 2.51. The molecule has 1 saturated heterocycles. The van der Waals surface area contributed by atoms with E-state index in [1.54, 1.807) is 0 Å². The molecule has 1 aliphatic heterocycles. The fourth-order valence-electron chi connectivity index (χ4n) is 2.20. The molecule has 0 aromatic carbocycles. The second-order valence-corrected chi connectivity index (χ2v) is 4.50. The average molecular weight is 245 g/mol. The van der Waals surface area contributed by atoms with Gasteiger partial charge in [0, 0.05) is 51.0 Å². The van der Waals surface area contributed by atoms with Crippen LogP contribution >= 0.6 is 12.4 Å². The maximum atomic E-state index is 4.37. The minimum absolute atomic E-state index is 0. The van der Waals surface area contributed by atoms with Gasteiger partial charge in [0.05, 0.1) is 5.69 Å². The largest absolute Gasteiger partial charge is 0.312 e. The zero-order valence-electron chi connectivity index (χ0n) is 10.2. The molecule has 2 heterocycles. The molecule has 1 aliphatic rings. The quantitative estimate of drug-likeness (QED) is 0.841. The van der Waals surface area contributed by atoms with Gasteiger partial charge in [0.1, 0.15) is 0 Å². The van der Waals surface area contributed by atoms with Gasteiger partial charge in [0.25, 0.3) is 0 Å². The van der Waals surface area contributed by atoms with E-state index in [0.717, 1.165) is 31.9 Å². The van der Waals surface area contributed by atoms with E-state index in [9.17, 15) is 0 Å². The van der Waals surface area contributed by atoms with E-state index in [1.165, 1.54) is 5.56 Å². The summed E-state index contributed by atoms with van der Waals surface area (Å²) in [6, 6.07) is 0.607. The van der Waals surface area contributed by atoms with Crippen molar-refractivity contribution < 1.29 is 0 Å². The smallest absolute Gasteiger partial charge is 0.0638 e. The Morgan fingerprint density at radius 1 is 1.56 bits per heavy atom. The van der Waals surface area contributed by atoms with Crippen LogP contribution in [0, 0.1) is 6.92 Å². The van der Waals surface area contributed by atoms with Gasteiger partial charge >= 0.3 is 0 Å². The molecule has 0 radical (unpaired) electrons. The van der Waals surface area contributed by atoms with Crippen molar-refractivity contribution >= 4 is 12.4 Å². The van der Waals surface area contributed by atoms with Gasteiger partial charge in [-0.25, -0.2) is 0 Å². The zero-order chi connectivity index (χ0) is 10.8. The second-order valence-electron chi connectivity index (χ2n) is 4.50. The molecule has 1 atom stereocenters. The van der Waals surface area contributed by atoms with E-state index in [2.05, 4.69) is 35.4 Å². The normalized spacial score (nSPS) is 21.8. The Balaban J connectivity index is 0.00000128. The number of piperazine rings is 1. The Hall–Kier alpha value is -0.580. The van der Waals surface area contributed by atoms with Crippen LogP contribution in [0.4, 0.5) is 0 Å². The van der Waals surface area contributed by atoms with E-state index >= 15 is 0 Å². The lowest BCUT2D eigenvalue weighted by molar-refractivity contribution is 0.199. The van der Waals surface area contributed by atoms with Crippen LogP contribution in [0.2, 0.25) is 0 Å². The molecule has 2 rings (SSSR count). The molecule has 1 fully saturated rings. The van der Waals surface area contributed by atoms with Gasteiger partial charge in [-0.15, -0.1) is 12.4 Å². The first kappa shape index (κ1) is 13.5. The lowest BCUT2D eigenvalue weighted by Crippen LogP contribution is -2.48. The van der Waals surface area contributed by atoms with Crippen LogP contribution in [0.15, 0.2) is 6.20 Å². The first-order valence-corrected chi connectivity index (χ1v) is 5.60. The highest BCUT2D eigenvalue weighted by Crippen LogP contribution is 2.10. The third-order valence-corrected chi connectivity index (χ3v) is 2.96. The minimum Gasteiger partial charge on any atom is -0.312 e. The van der Waals surface area contributed by atoms with Gasteiger partial charge in [-0.2, -0.15) is 5.10 Å². The lowest BCUT2D eigenvalue weighted by Gasteiger charge is -2.31. The molecular formula is C11H21ClN4. The number of hydrogen-bond donors (Lipinski definition) is 1. The molecule has 1 unspecified atom stereocenters. The fourth-order valence-corrected chi connectivity index (χ4v) is 2.20. The van der Waals surface area contributed by atoms with E-state index in [4.69, 9.17) is 0 Å². The summed E-state index contributed by atoms with van der Waals surface area (Å²) in [6.07, 6.45) is 2.13. The highest BCUT2D eigenvalue weighted by Gasteiger charge is 2.16.